The Bertz CT molecular complexity index is 775. The Morgan fingerprint density at radius 2 is 1.72 bits per heavy atom. The highest BCUT2D eigenvalue weighted by molar-refractivity contribution is 7.39. The van der Waals surface area contributed by atoms with E-state index in [0.717, 1.165) is 30.4 Å². The van der Waals surface area contributed by atoms with Crippen molar-refractivity contribution in [3.63, 3.8) is 0 Å². The molecule has 1 N–H and O–H groups in total. The van der Waals surface area contributed by atoms with E-state index in [-0.39, 0.29) is 5.56 Å². The van der Waals surface area contributed by atoms with Crippen LogP contribution in [-0.2, 0) is 25.2 Å². The molecule has 0 heterocycles. The maximum Gasteiger partial charge on any atom is 0.336 e. The Balaban J connectivity index is 1.71. The summed E-state index contributed by atoms with van der Waals surface area (Å²) < 4.78 is 27.8. The molecule has 0 bridgehead atoms. The van der Waals surface area contributed by atoms with Crippen LogP contribution >= 0.6 is 8.03 Å². The predicted octanol–water partition coefficient (Wildman–Crippen LogP) is 4.88. The van der Waals surface area contributed by atoms with E-state index in [9.17, 15) is 14.5 Å². The van der Waals surface area contributed by atoms with Gasteiger partial charge in [-0.2, -0.15) is 0 Å². The number of rotatable bonds is 14. The number of aromatic carboxylic acids is 1. The number of carboxylic acid groups (broad SMARTS) is 1. The largest absolute Gasteiger partial charge is 0.478 e. The second kappa shape index (κ2) is 13.3. The summed E-state index contributed by atoms with van der Waals surface area (Å²) in [5, 5.41) is 9.32. The van der Waals surface area contributed by atoms with Crippen LogP contribution in [0.1, 0.15) is 35.2 Å². The minimum atomic E-state index is -2.06. The van der Waals surface area contributed by atoms with Crippen LogP contribution in [0.2, 0.25) is 0 Å². The van der Waals surface area contributed by atoms with Crippen molar-refractivity contribution >= 4 is 14.0 Å². The number of methoxy groups -OCH3 is 1. The van der Waals surface area contributed by atoms with Gasteiger partial charge in [-0.1, -0.05) is 48.9 Å². The van der Waals surface area contributed by atoms with E-state index in [2.05, 4.69) is 0 Å². The number of hydrogen-bond acceptors (Lipinski definition) is 5. The molecule has 0 saturated carbocycles. The molecule has 158 valence electrons. The van der Waals surface area contributed by atoms with Crippen LogP contribution in [0.4, 0.5) is 0 Å². The van der Waals surface area contributed by atoms with E-state index >= 15 is 0 Å². The minimum Gasteiger partial charge on any atom is -0.478 e. The standard InChI is InChI=1S/C22H29O6P/c1-26-14-15-27-13-5-2-6-16-29(25)28-17-18-9-11-19(12-10-18)20-7-3-4-8-21(20)22(23)24/h3-4,7-12,29H,2,5-6,13-17H2,1H3,(H,23,24). The fourth-order valence-corrected chi connectivity index (χ4v) is 3.84. The number of unbranched alkanes of at least 4 members (excludes halogenated alkanes) is 2. The molecule has 0 aliphatic carbocycles. The van der Waals surface area contributed by atoms with Crippen molar-refractivity contribution in [1.82, 2.24) is 0 Å². The van der Waals surface area contributed by atoms with Gasteiger partial charge in [-0.05, 0) is 35.6 Å². The van der Waals surface area contributed by atoms with Gasteiger partial charge in [-0.3, -0.25) is 4.57 Å². The monoisotopic (exact) mass is 420 g/mol. The molecule has 0 saturated heterocycles. The van der Waals surface area contributed by atoms with Gasteiger partial charge in [0, 0.05) is 19.9 Å². The van der Waals surface area contributed by atoms with E-state index in [1.165, 1.54) is 0 Å². The Kier molecular flexibility index (Phi) is 10.7. The van der Waals surface area contributed by atoms with Crippen LogP contribution in [-0.4, -0.2) is 44.2 Å². The summed E-state index contributed by atoms with van der Waals surface area (Å²) >= 11 is 0. The topological polar surface area (TPSA) is 82.1 Å². The van der Waals surface area contributed by atoms with Gasteiger partial charge in [0.05, 0.1) is 25.4 Å². The van der Waals surface area contributed by atoms with E-state index in [1.807, 2.05) is 30.3 Å². The molecule has 0 aliphatic rings. The molecule has 2 aromatic rings. The van der Waals surface area contributed by atoms with Crippen molar-refractivity contribution in [2.75, 3.05) is 33.1 Å². The van der Waals surface area contributed by atoms with E-state index < -0.39 is 14.0 Å². The van der Waals surface area contributed by atoms with Gasteiger partial charge in [0.2, 0.25) is 0 Å². The summed E-state index contributed by atoms with van der Waals surface area (Å²) in [6.07, 6.45) is 3.34. The molecule has 0 aliphatic heterocycles. The number of carbonyl (C=O) groups is 1. The lowest BCUT2D eigenvalue weighted by molar-refractivity contribution is 0.0687. The normalized spacial score (nSPS) is 12.0. The average molecular weight is 420 g/mol. The Hall–Kier alpha value is -1.98. The van der Waals surface area contributed by atoms with Gasteiger partial charge < -0.3 is 19.1 Å². The van der Waals surface area contributed by atoms with Crippen molar-refractivity contribution < 1.29 is 28.5 Å². The molecular formula is C22H29O6P. The van der Waals surface area contributed by atoms with Crippen molar-refractivity contribution in [3.05, 3.63) is 59.7 Å². The van der Waals surface area contributed by atoms with Crippen LogP contribution in [0.15, 0.2) is 48.5 Å². The number of ether oxygens (including phenoxy) is 2. The quantitative estimate of drug-likeness (QED) is 0.347. The number of benzene rings is 2. The average Bonchev–Trinajstić information content (AvgIpc) is 2.74. The first kappa shape index (κ1) is 23.3. The van der Waals surface area contributed by atoms with Gasteiger partial charge in [0.15, 0.2) is 8.03 Å². The molecule has 1 unspecified atom stereocenters. The summed E-state index contributed by atoms with van der Waals surface area (Å²) in [4.78, 5) is 11.4. The van der Waals surface area contributed by atoms with E-state index in [4.69, 9.17) is 14.0 Å². The van der Waals surface area contributed by atoms with E-state index in [1.54, 1.807) is 25.3 Å². The zero-order valence-electron chi connectivity index (χ0n) is 16.8. The molecule has 0 fully saturated rings. The minimum absolute atomic E-state index is 0.269. The molecule has 29 heavy (non-hydrogen) atoms. The highest BCUT2D eigenvalue weighted by atomic mass is 31.1. The molecule has 0 radical (unpaired) electrons. The predicted molar refractivity (Wildman–Crippen MR) is 114 cm³/mol. The molecule has 1 atom stereocenters. The Labute approximate surface area is 172 Å². The zero-order valence-corrected chi connectivity index (χ0v) is 17.8. The fraction of sp³-hybridized carbons (Fsp3) is 0.409. The SMILES string of the molecule is COCCOCCCCC[PH](=O)OCc1ccc(-c2ccccc2C(=O)O)cc1. The first-order valence-electron chi connectivity index (χ1n) is 9.75. The third kappa shape index (κ3) is 8.50. The zero-order chi connectivity index (χ0) is 20.9. The lowest BCUT2D eigenvalue weighted by Gasteiger charge is -2.08. The Morgan fingerprint density at radius 1 is 0.966 bits per heavy atom. The second-order valence-corrected chi connectivity index (χ2v) is 8.16. The smallest absolute Gasteiger partial charge is 0.336 e. The lowest BCUT2D eigenvalue weighted by Crippen LogP contribution is -2.02. The fourth-order valence-electron chi connectivity index (χ4n) is 2.83. The van der Waals surface area contributed by atoms with Crippen LogP contribution in [0.25, 0.3) is 11.1 Å². The van der Waals surface area contributed by atoms with Gasteiger partial charge in [0.25, 0.3) is 0 Å². The summed E-state index contributed by atoms with van der Waals surface area (Å²) in [6.45, 7) is 2.20. The molecule has 6 nitrogen and oxygen atoms in total. The molecule has 7 heteroatoms. The third-order valence-corrected chi connectivity index (χ3v) is 5.65. The molecule has 0 amide bonds. The van der Waals surface area contributed by atoms with Gasteiger partial charge in [-0.15, -0.1) is 0 Å². The summed E-state index contributed by atoms with van der Waals surface area (Å²) in [6, 6.07) is 14.4. The maximum atomic E-state index is 12.0. The van der Waals surface area contributed by atoms with Crippen LogP contribution in [0.5, 0.6) is 0 Å². The van der Waals surface area contributed by atoms with Gasteiger partial charge >= 0.3 is 5.97 Å². The van der Waals surface area contributed by atoms with Crippen molar-refractivity contribution in [2.45, 2.75) is 25.9 Å². The second-order valence-electron chi connectivity index (χ2n) is 6.62. The molecule has 0 spiro atoms. The maximum absolute atomic E-state index is 12.0. The highest BCUT2D eigenvalue weighted by Gasteiger charge is 2.10. The van der Waals surface area contributed by atoms with Gasteiger partial charge in [0.1, 0.15) is 0 Å². The van der Waals surface area contributed by atoms with E-state index in [0.29, 0.717) is 38.2 Å². The Morgan fingerprint density at radius 3 is 2.45 bits per heavy atom. The first-order valence-corrected chi connectivity index (χ1v) is 11.3. The molecule has 0 aromatic heterocycles. The van der Waals surface area contributed by atoms with Gasteiger partial charge in [-0.25, -0.2) is 4.79 Å². The molecule has 2 rings (SSSR count). The molecular weight excluding hydrogens is 391 g/mol. The third-order valence-electron chi connectivity index (χ3n) is 4.42. The van der Waals surface area contributed by atoms with Crippen molar-refractivity contribution in [3.8, 4) is 11.1 Å². The first-order chi connectivity index (χ1) is 14.1. The lowest BCUT2D eigenvalue weighted by atomic mass is 9.99. The summed E-state index contributed by atoms with van der Waals surface area (Å²) in [5.41, 5.74) is 2.68. The molecule has 2 aromatic carbocycles. The van der Waals surface area contributed by atoms with Crippen LogP contribution < -0.4 is 0 Å². The van der Waals surface area contributed by atoms with Crippen molar-refractivity contribution in [2.24, 2.45) is 0 Å². The number of hydrogen-bond donors (Lipinski definition) is 1. The van der Waals surface area contributed by atoms with Crippen LogP contribution in [0.3, 0.4) is 0 Å². The van der Waals surface area contributed by atoms with Crippen molar-refractivity contribution in [1.29, 1.82) is 0 Å². The summed E-state index contributed by atoms with van der Waals surface area (Å²) in [5.74, 6) is -0.951. The number of carboxylic acids is 1. The van der Waals surface area contributed by atoms with Crippen LogP contribution in [0, 0.1) is 0 Å². The highest BCUT2D eigenvalue weighted by Crippen LogP contribution is 2.28. The summed E-state index contributed by atoms with van der Waals surface area (Å²) in [7, 11) is -0.409.